The van der Waals surface area contributed by atoms with Crippen LogP contribution in [0.5, 0.6) is 0 Å². The summed E-state index contributed by atoms with van der Waals surface area (Å²) in [7, 11) is 0. The predicted molar refractivity (Wildman–Crippen MR) is 90.9 cm³/mol. The third kappa shape index (κ3) is 3.27. The highest BCUT2D eigenvalue weighted by Gasteiger charge is 2.08. The van der Waals surface area contributed by atoms with Crippen LogP contribution in [-0.2, 0) is 0 Å². The van der Waals surface area contributed by atoms with Gasteiger partial charge >= 0.3 is 0 Å². The van der Waals surface area contributed by atoms with Gasteiger partial charge in [-0.2, -0.15) is 0 Å². The molecule has 5 nitrogen and oxygen atoms in total. The maximum absolute atomic E-state index is 6.13. The fourth-order valence-electron chi connectivity index (χ4n) is 1.92. The van der Waals surface area contributed by atoms with Crippen molar-refractivity contribution in [2.24, 2.45) is 0 Å². The second-order valence-corrected chi connectivity index (χ2v) is 5.04. The minimum absolute atomic E-state index is 0.446. The molecule has 3 rings (SSSR count). The van der Waals surface area contributed by atoms with E-state index in [1.165, 1.54) is 6.33 Å². The monoisotopic (exact) mass is 311 g/mol. The second kappa shape index (κ2) is 6.32. The molecule has 110 valence electrons. The second-order valence-electron chi connectivity index (χ2n) is 4.61. The number of aromatic nitrogens is 2. The number of hydrogen-bond acceptors (Lipinski definition) is 5. The molecule has 0 unspecified atom stereocenters. The Hall–Kier alpha value is -2.79. The van der Waals surface area contributed by atoms with Crippen LogP contribution in [0.3, 0.4) is 0 Å². The molecule has 0 fully saturated rings. The molecule has 0 amide bonds. The molecule has 0 saturated carbocycles. The number of nitrogens with one attached hydrogen (secondary N) is 2. The fraction of sp³-hybridized carbons (Fsp3) is 0. The first-order chi connectivity index (χ1) is 10.7. The van der Waals surface area contributed by atoms with Crippen LogP contribution in [0.25, 0.3) is 0 Å². The zero-order valence-electron chi connectivity index (χ0n) is 11.6. The van der Waals surface area contributed by atoms with Gasteiger partial charge in [0.1, 0.15) is 12.0 Å². The van der Waals surface area contributed by atoms with Crippen LogP contribution >= 0.6 is 11.6 Å². The van der Waals surface area contributed by atoms with Crippen molar-refractivity contribution in [2.45, 2.75) is 0 Å². The lowest BCUT2D eigenvalue weighted by atomic mass is 10.3. The Kier molecular flexibility index (Phi) is 4.07. The number of nitrogens with two attached hydrogens (primary N) is 1. The number of para-hydroxylation sites is 1. The summed E-state index contributed by atoms with van der Waals surface area (Å²) in [5.41, 5.74) is 8.33. The van der Waals surface area contributed by atoms with E-state index in [2.05, 4.69) is 20.6 Å². The van der Waals surface area contributed by atoms with Gasteiger partial charge in [0.25, 0.3) is 0 Å². The topological polar surface area (TPSA) is 75.9 Å². The number of hydrogen-bond donors (Lipinski definition) is 3. The van der Waals surface area contributed by atoms with Crippen molar-refractivity contribution in [1.29, 1.82) is 0 Å². The average Bonchev–Trinajstić information content (AvgIpc) is 2.54. The molecule has 2 aromatic carbocycles. The summed E-state index contributed by atoms with van der Waals surface area (Å²) < 4.78 is 0. The number of benzene rings is 2. The summed E-state index contributed by atoms with van der Waals surface area (Å²) >= 11 is 5.87. The Morgan fingerprint density at radius 1 is 0.773 bits per heavy atom. The quantitative estimate of drug-likeness (QED) is 0.673. The minimum atomic E-state index is 0.446. The van der Waals surface area contributed by atoms with E-state index in [1.54, 1.807) is 12.1 Å². The molecule has 0 aliphatic heterocycles. The highest BCUT2D eigenvalue weighted by Crippen LogP contribution is 2.28. The van der Waals surface area contributed by atoms with Crippen molar-refractivity contribution < 1.29 is 0 Å². The largest absolute Gasteiger partial charge is 0.393 e. The Morgan fingerprint density at radius 2 is 1.32 bits per heavy atom. The van der Waals surface area contributed by atoms with Gasteiger partial charge < -0.3 is 16.4 Å². The number of anilines is 5. The molecule has 0 bridgehead atoms. The maximum atomic E-state index is 6.13. The van der Waals surface area contributed by atoms with Gasteiger partial charge in [-0.15, -0.1) is 0 Å². The van der Waals surface area contributed by atoms with E-state index in [-0.39, 0.29) is 0 Å². The molecule has 22 heavy (non-hydrogen) atoms. The maximum Gasteiger partial charge on any atom is 0.159 e. The lowest BCUT2D eigenvalue weighted by molar-refractivity contribution is 1.17. The van der Waals surface area contributed by atoms with Crippen molar-refractivity contribution in [2.75, 3.05) is 16.4 Å². The minimum Gasteiger partial charge on any atom is -0.393 e. The predicted octanol–water partition coefficient (Wildman–Crippen LogP) is 4.20. The van der Waals surface area contributed by atoms with Crippen LogP contribution in [0.15, 0.2) is 60.9 Å². The Bertz CT molecular complexity index is 759. The van der Waals surface area contributed by atoms with Crippen LogP contribution in [0.1, 0.15) is 0 Å². The molecule has 4 N–H and O–H groups in total. The van der Waals surface area contributed by atoms with Crippen LogP contribution < -0.4 is 16.4 Å². The first-order valence-electron chi connectivity index (χ1n) is 6.67. The third-order valence-electron chi connectivity index (χ3n) is 3.03. The van der Waals surface area contributed by atoms with Gasteiger partial charge in [-0.25, -0.2) is 9.97 Å². The number of halogens is 1. The van der Waals surface area contributed by atoms with E-state index in [9.17, 15) is 0 Å². The van der Waals surface area contributed by atoms with Crippen molar-refractivity contribution in [3.63, 3.8) is 0 Å². The highest BCUT2D eigenvalue weighted by atomic mass is 35.5. The van der Waals surface area contributed by atoms with Crippen LogP contribution in [-0.4, -0.2) is 9.97 Å². The Labute approximate surface area is 133 Å². The molecule has 0 spiro atoms. The van der Waals surface area contributed by atoms with E-state index < -0.39 is 0 Å². The zero-order valence-corrected chi connectivity index (χ0v) is 12.4. The first kappa shape index (κ1) is 14.2. The molecule has 6 heteroatoms. The summed E-state index contributed by atoms with van der Waals surface area (Å²) in [6.07, 6.45) is 1.46. The van der Waals surface area contributed by atoms with E-state index in [4.69, 9.17) is 17.3 Å². The van der Waals surface area contributed by atoms with Gasteiger partial charge in [0.2, 0.25) is 0 Å². The zero-order chi connectivity index (χ0) is 15.4. The summed E-state index contributed by atoms with van der Waals surface area (Å²) in [6, 6.07) is 17.0. The standard InChI is InChI=1S/C16H14ClN5/c17-11-6-8-13(9-7-11)22-16-14(18)15(19-10-20-16)21-12-4-2-1-3-5-12/h1-10H,18H2,(H2,19,20,21,22). The average molecular weight is 312 g/mol. The van der Waals surface area contributed by atoms with Crippen molar-refractivity contribution in [3.8, 4) is 0 Å². The molecule has 0 aliphatic rings. The molecule has 1 aromatic heterocycles. The highest BCUT2D eigenvalue weighted by molar-refractivity contribution is 6.30. The summed E-state index contributed by atoms with van der Waals surface area (Å²) in [5.74, 6) is 1.09. The third-order valence-corrected chi connectivity index (χ3v) is 3.28. The normalized spacial score (nSPS) is 10.2. The van der Waals surface area contributed by atoms with Crippen LogP contribution in [0, 0.1) is 0 Å². The van der Waals surface area contributed by atoms with Gasteiger partial charge in [-0.05, 0) is 36.4 Å². The van der Waals surface area contributed by atoms with Crippen LogP contribution in [0.2, 0.25) is 5.02 Å². The van der Waals surface area contributed by atoms with Crippen LogP contribution in [0.4, 0.5) is 28.7 Å². The molecule has 0 radical (unpaired) electrons. The van der Waals surface area contributed by atoms with Gasteiger partial charge in [0, 0.05) is 16.4 Å². The van der Waals surface area contributed by atoms with E-state index in [1.807, 2.05) is 42.5 Å². The van der Waals surface area contributed by atoms with Gasteiger partial charge in [0.15, 0.2) is 11.6 Å². The molecular formula is C16H14ClN5. The molecule has 0 atom stereocenters. The summed E-state index contributed by atoms with van der Waals surface area (Å²) in [5, 5.41) is 6.99. The molecular weight excluding hydrogens is 298 g/mol. The van der Waals surface area contributed by atoms with Crippen molar-refractivity contribution in [3.05, 3.63) is 65.9 Å². The molecule has 3 aromatic rings. The van der Waals surface area contributed by atoms with Gasteiger partial charge in [0.05, 0.1) is 0 Å². The summed E-state index contributed by atoms with van der Waals surface area (Å²) in [4.78, 5) is 8.36. The van der Waals surface area contributed by atoms with Gasteiger partial charge in [-0.1, -0.05) is 29.8 Å². The molecule has 0 saturated heterocycles. The lowest BCUT2D eigenvalue weighted by Crippen LogP contribution is -2.05. The number of nitrogens with zero attached hydrogens (tertiary/aromatic N) is 2. The fourth-order valence-corrected chi connectivity index (χ4v) is 2.05. The van der Waals surface area contributed by atoms with E-state index in [0.29, 0.717) is 22.3 Å². The number of nitrogen functional groups attached to an aromatic ring is 1. The Morgan fingerprint density at radius 3 is 1.91 bits per heavy atom. The number of rotatable bonds is 4. The van der Waals surface area contributed by atoms with Crippen molar-refractivity contribution >= 4 is 40.3 Å². The molecule has 1 heterocycles. The lowest BCUT2D eigenvalue weighted by Gasteiger charge is -2.12. The van der Waals surface area contributed by atoms with Gasteiger partial charge in [-0.3, -0.25) is 0 Å². The van der Waals surface area contributed by atoms with Crippen molar-refractivity contribution in [1.82, 2.24) is 9.97 Å². The summed E-state index contributed by atoms with van der Waals surface area (Å²) in [6.45, 7) is 0. The SMILES string of the molecule is Nc1c(Nc2ccccc2)ncnc1Nc1ccc(Cl)cc1. The Balaban J connectivity index is 1.84. The van der Waals surface area contributed by atoms with E-state index in [0.717, 1.165) is 11.4 Å². The first-order valence-corrected chi connectivity index (χ1v) is 7.05. The molecule has 0 aliphatic carbocycles. The van der Waals surface area contributed by atoms with E-state index >= 15 is 0 Å². The smallest absolute Gasteiger partial charge is 0.159 e.